The van der Waals surface area contributed by atoms with Crippen LogP contribution in [-0.2, 0) is 13.2 Å². The van der Waals surface area contributed by atoms with Crippen molar-refractivity contribution in [2.24, 2.45) is 0 Å². The van der Waals surface area contributed by atoms with E-state index in [1.165, 1.54) is 0 Å². The van der Waals surface area contributed by atoms with Gasteiger partial charge >= 0.3 is 0 Å². The van der Waals surface area contributed by atoms with Gasteiger partial charge < -0.3 is 9.47 Å². The summed E-state index contributed by atoms with van der Waals surface area (Å²) in [4.78, 5) is 0. The van der Waals surface area contributed by atoms with Crippen molar-refractivity contribution in [1.29, 1.82) is 0 Å². The lowest BCUT2D eigenvalue weighted by Crippen LogP contribution is -2.01. The van der Waals surface area contributed by atoms with Crippen molar-refractivity contribution >= 4 is 0 Å². The van der Waals surface area contributed by atoms with Crippen LogP contribution in [0, 0.1) is 6.92 Å². The third-order valence-corrected chi connectivity index (χ3v) is 3.64. The zero-order valence-corrected chi connectivity index (χ0v) is 13.2. The SMILES string of the molecule is Cc1cccc(OCc2ccccc2)c1OCc1ccccc1. The molecule has 0 spiro atoms. The topological polar surface area (TPSA) is 18.5 Å². The van der Waals surface area contributed by atoms with Gasteiger partial charge in [-0.05, 0) is 29.7 Å². The molecule has 0 N–H and O–H groups in total. The molecule has 2 nitrogen and oxygen atoms in total. The predicted octanol–water partition coefficient (Wildman–Crippen LogP) is 5.15. The lowest BCUT2D eigenvalue weighted by molar-refractivity contribution is 0.254. The summed E-state index contributed by atoms with van der Waals surface area (Å²) in [5, 5.41) is 0. The highest BCUT2D eigenvalue weighted by Crippen LogP contribution is 2.32. The van der Waals surface area contributed by atoms with Crippen LogP contribution in [0.15, 0.2) is 78.9 Å². The molecule has 0 heterocycles. The second kappa shape index (κ2) is 7.50. The van der Waals surface area contributed by atoms with Crippen LogP contribution in [0.1, 0.15) is 16.7 Å². The highest BCUT2D eigenvalue weighted by molar-refractivity contribution is 5.46. The Morgan fingerprint density at radius 1 is 0.609 bits per heavy atom. The highest BCUT2D eigenvalue weighted by atomic mass is 16.5. The summed E-state index contributed by atoms with van der Waals surface area (Å²) in [6.07, 6.45) is 0. The van der Waals surface area contributed by atoms with Crippen molar-refractivity contribution in [3.8, 4) is 11.5 Å². The Balaban J connectivity index is 1.71. The smallest absolute Gasteiger partial charge is 0.164 e. The average Bonchev–Trinajstić information content (AvgIpc) is 2.61. The maximum absolute atomic E-state index is 6.02. The number of ether oxygens (including phenoxy) is 2. The van der Waals surface area contributed by atoms with Crippen LogP contribution in [0.5, 0.6) is 11.5 Å². The van der Waals surface area contributed by atoms with E-state index in [1.807, 2.05) is 61.5 Å². The van der Waals surface area contributed by atoms with E-state index in [2.05, 4.69) is 24.3 Å². The summed E-state index contributed by atoms with van der Waals surface area (Å²) >= 11 is 0. The van der Waals surface area contributed by atoms with Crippen LogP contribution in [0.25, 0.3) is 0 Å². The molecule has 3 aromatic rings. The molecule has 0 atom stereocenters. The van der Waals surface area contributed by atoms with Gasteiger partial charge in [0.1, 0.15) is 13.2 Å². The molecule has 0 radical (unpaired) electrons. The number of rotatable bonds is 6. The molecule has 0 amide bonds. The Kier molecular flexibility index (Phi) is 4.95. The highest BCUT2D eigenvalue weighted by Gasteiger charge is 2.09. The van der Waals surface area contributed by atoms with Crippen LogP contribution in [0.4, 0.5) is 0 Å². The van der Waals surface area contributed by atoms with E-state index in [0.29, 0.717) is 13.2 Å². The summed E-state index contributed by atoms with van der Waals surface area (Å²) in [5.74, 6) is 1.59. The van der Waals surface area contributed by atoms with Gasteiger partial charge in [-0.1, -0.05) is 72.8 Å². The first kappa shape index (κ1) is 15.2. The molecule has 3 aromatic carbocycles. The normalized spacial score (nSPS) is 10.3. The number of para-hydroxylation sites is 1. The van der Waals surface area contributed by atoms with Gasteiger partial charge in [-0.2, -0.15) is 0 Å². The van der Waals surface area contributed by atoms with E-state index in [1.54, 1.807) is 0 Å². The standard InChI is InChI=1S/C21H20O2/c1-17-9-8-14-20(22-15-18-10-4-2-5-11-18)21(17)23-16-19-12-6-3-7-13-19/h2-14H,15-16H2,1H3. The van der Waals surface area contributed by atoms with Crippen LogP contribution in [0.3, 0.4) is 0 Å². The van der Waals surface area contributed by atoms with Crippen LogP contribution >= 0.6 is 0 Å². The molecule has 23 heavy (non-hydrogen) atoms. The Morgan fingerprint density at radius 3 is 1.78 bits per heavy atom. The molecule has 0 fully saturated rings. The fourth-order valence-electron chi connectivity index (χ4n) is 2.39. The van der Waals surface area contributed by atoms with Gasteiger partial charge in [0.25, 0.3) is 0 Å². The van der Waals surface area contributed by atoms with Crippen LogP contribution in [0.2, 0.25) is 0 Å². The van der Waals surface area contributed by atoms with Gasteiger partial charge in [-0.3, -0.25) is 0 Å². The van der Waals surface area contributed by atoms with E-state index in [9.17, 15) is 0 Å². The summed E-state index contributed by atoms with van der Waals surface area (Å²) in [5.41, 5.74) is 3.36. The molecule has 0 aromatic heterocycles. The quantitative estimate of drug-likeness (QED) is 0.627. The molecular weight excluding hydrogens is 284 g/mol. The van der Waals surface area contributed by atoms with E-state index >= 15 is 0 Å². The van der Waals surface area contributed by atoms with Gasteiger partial charge in [-0.15, -0.1) is 0 Å². The van der Waals surface area contributed by atoms with Crippen molar-refractivity contribution in [3.05, 3.63) is 95.6 Å². The molecule has 2 heteroatoms. The monoisotopic (exact) mass is 304 g/mol. The van der Waals surface area contributed by atoms with Crippen molar-refractivity contribution in [2.75, 3.05) is 0 Å². The van der Waals surface area contributed by atoms with E-state index in [0.717, 1.165) is 28.2 Å². The molecular formula is C21H20O2. The molecule has 0 aliphatic rings. The second-order valence-electron chi connectivity index (χ2n) is 5.45. The maximum atomic E-state index is 6.02. The zero-order valence-electron chi connectivity index (χ0n) is 13.2. The molecule has 0 unspecified atom stereocenters. The molecule has 0 aliphatic carbocycles. The lowest BCUT2D eigenvalue weighted by Gasteiger charge is -2.15. The van der Waals surface area contributed by atoms with Crippen molar-refractivity contribution in [1.82, 2.24) is 0 Å². The molecule has 0 aliphatic heterocycles. The third kappa shape index (κ3) is 4.13. The minimum absolute atomic E-state index is 0.534. The Bertz CT molecular complexity index is 736. The van der Waals surface area contributed by atoms with Crippen molar-refractivity contribution in [3.63, 3.8) is 0 Å². The fourth-order valence-corrected chi connectivity index (χ4v) is 2.39. The van der Waals surface area contributed by atoms with E-state index < -0.39 is 0 Å². The van der Waals surface area contributed by atoms with Gasteiger partial charge in [0, 0.05) is 0 Å². The summed E-state index contributed by atoms with van der Waals surface area (Å²) in [6.45, 7) is 3.11. The maximum Gasteiger partial charge on any atom is 0.164 e. The molecule has 0 saturated carbocycles. The van der Waals surface area contributed by atoms with Gasteiger partial charge in [0.05, 0.1) is 0 Å². The van der Waals surface area contributed by atoms with Gasteiger partial charge in [0.15, 0.2) is 11.5 Å². The number of benzene rings is 3. The van der Waals surface area contributed by atoms with Gasteiger partial charge in [-0.25, -0.2) is 0 Å². The number of hydrogen-bond donors (Lipinski definition) is 0. The molecule has 3 rings (SSSR count). The molecule has 0 saturated heterocycles. The summed E-state index contributed by atoms with van der Waals surface area (Å²) in [6, 6.07) is 26.3. The Labute approximate surface area is 137 Å². The van der Waals surface area contributed by atoms with E-state index in [4.69, 9.17) is 9.47 Å². The first-order valence-corrected chi connectivity index (χ1v) is 7.76. The minimum atomic E-state index is 0.534. The molecule has 116 valence electrons. The molecule has 0 bridgehead atoms. The Hall–Kier alpha value is -2.74. The lowest BCUT2D eigenvalue weighted by atomic mass is 10.2. The predicted molar refractivity (Wildman–Crippen MR) is 92.7 cm³/mol. The summed E-state index contributed by atoms with van der Waals surface area (Å²) < 4.78 is 12.0. The van der Waals surface area contributed by atoms with E-state index in [-0.39, 0.29) is 0 Å². The first-order valence-electron chi connectivity index (χ1n) is 7.76. The summed E-state index contributed by atoms with van der Waals surface area (Å²) in [7, 11) is 0. The second-order valence-corrected chi connectivity index (χ2v) is 5.45. The largest absolute Gasteiger partial charge is 0.485 e. The van der Waals surface area contributed by atoms with Gasteiger partial charge in [0.2, 0.25) is 0 Å². The minimum Gasteiger partial charge on any atom is -0.485 e. The van der Waals surface area contributed by atoms with Crippen LogP contribution < -0.4 is 9.47 Å². The third-order valence-electron chi connectivity index (χ3n) is 3.64. The zero-order chi connectivity index (χ0) is 15.9. The fraction of sp³-hybridized carbons (Fsp3) is 0.143. The average molecular weight is 304 g/mol. The number of hydrogen-bond acceptors (Lipinski definition) is 2. The Morgan fingerprint density at radius 2 is 1.17 bits per heavy atom. The van der Waals surface area contributed by atoms with Crippen molar-refractivity contribution in [2.45, 2.75) is 20.1 Å². The van der Waals surface area contributed by atoms with Crippen LogP contribution in [-0.4, -0.2) is 0 Å². The number of aryl methyl sites for hydroxylation is 1. The first-order chi connectivity index (χ1) is 11.3. The van der Waals surface area contributed by atoms with Crippen molar-refractivity contribution < 1.29 is 9.47 Å².